The molecule has 212 valence electrons. The maximum absolute atomic E-state index is 14.7. The molecule has 0 fully saturated rings. The number of nitrogens with one attached hydrogen (secondary N) is 3. The van der Waals surface area contributed by atoms with E-state index < -0.39 is 29.2 Å². The predicted octanol–water partition coefficient (Wildman–Crippen LogP) is 4.57. The number of ether oxygens (including phenoxy) is 1. The number of nitrogens with zero attached hydrogens (tertiary/aromatic N) is 4. The Morgan fingerprint density at radius 3 is 2.58 bits per heavy atom. The lowest BCUT2D eigenvalue weighted by molar-refractivity contribution is 0.0533. The fourth-order valence-corrected chi connectivity index (χ4v) is 4.08. The van der Waals surface area contributed by atoms with Crippen molar-refractivity contribution in [1.29, 1.82) is 0 Å². The molecule has 3 heterocycles. The highest BCUT2D eigenvalue weighted by Gasteiger charge is 2.23. The van der Waals surface area contributed by atoms with Crippen molar-refractivity contribution in [1.82, 2.24) is 25.0 Å². The van der Waals surface area contributed by atoms with Gasteiger partial charge in [0.2, 0.25) is 0 Å². The van der Waals surface area contributed by atoms with E-state index in [2.05, 4.69) is 25.6 Å². The number of benzene rings is 1. The molecule has 0 aliphatic rings. The molecule has 40 heavy (non-hydrogen) atoms. The van der Waals surface area contributed by atoms with Crippen LogP contribution in [0.3, 0.4) is 0 Å². The molecule has 0 bridgehead atoms. The molecule has 3 N–H and O–H groups in total. The molecule has 4 rings (SSSR count). The molecule has 12 nitrogen and oxygen atoms in total. The number of carbonyl (C=O) groups excluding carboxylic acids is 2. The quantitative estimate of drug-likeness (QED) is 0.240. The fraction of sp³-hybridized carbons (Fsp3) is 0.308. The average Bonchev–Trinajstić information content (AvgIpc) is 3.48. The Hall–Kier alpha value is -4.56. The summed E-state index contributed by atoms with van der Waals surface area (Å²) in [7, 11) is 5.03. The molecular weight excluding hydrogens is 528 g/mol. The summed E-state index contributed by atoms with van der Waals surface area (Å²) in [5.41, 5.74) is 2.81. The van der Waals surface area contributed by atoms with Crippen LogP contribution >= 0.6 is 0 Å². The highest BCUT2D eigenvalue weighted by atomic mass is 19.1. The number of anilines is 3. The van der Waals surface area contributed by atoms with E-state index in [1.54, 1.807) is 12.3 Å². The number of amides is 2. The SMILES string of the molecule is CONC(=O)c1cc(Nc2ncnn3cc(NC(=O)OCc4ccc(CN(C)C)o4)c(C(C)C)c23)c(F)cc1F. The van der Waals surface area contributed by atoms with Crippen molar-refractivity contribution in [3.63, 3.8) is 0 Å². The first-order valence-electron chi connectivity index (χ1n) is 12.2. The van der Waals surface area contributed by atoms with E-state index >= 15 is 0 Å². The molecule has 0 saturated heterocycles. The molecule has 0 spiro atoms. The normalized spacial score (nSPS) is 11.3. The third-order valence-corrected chi connectivity index (χ3v) is 5.71. The van der Waals surface area contributed by atoms with Crippen LogP contribution in [-0.2, 0) is 22.7 Å². The summed E-state index contributed by atoms with van der Waals surface area (Å²) in [5.74, 6) is -1.66. The summed E-state index contributed by atoms with van der Waals surface area (Å²) >= 11 is 0. The Kier molecular flexibility index (Phi) is 8.60. The molecule has 0 unspecified atom stereocenters. The number of hydrogen-bond donors (Lipinski definition) is 3. The summed E-state index contributed by atoms with van der Waals surface area (Å²) in [4.78, 5) is 35.5. The predicted molar refractivity (Wildman–Crippen MR) is 141 cm³/mol. The molecule has 2 amide bonds. The summed E-state index contributed by atoms with van der Waals surface area (Å²) in [6, 6.07) is 5.14. The van der Waals surface area contributed by atoms with Crippen LogP contribution in [0.1, 0.15) is 47.2 Å². The van der Waals surface area contributed by atoms with E-state index in [4.69, 9.17) is 9.15 Å². The maximum atomic E-state index is 14.7. The largest absolute Gasteiger partial charge is 0.461 e. The van der Waals surface area contributed by atoms with Crippen LogP contribution < -0.4 is 16.1 Å². The molecule has 14 heteroatoms. The second kappa shape index (κ2) is 12.1. The number of rotatable bonds is 10. The Balaban J connectivity index is 1.59. The van der Waals surface area contributed by atoms with Gasteiger partial charge in [-0.3, -0.25) is 14.9 Å². The number of furan rings is 1. The molecule has 0 radical (unpaired) electrons. The summed E-state index contributed by atoms with van der Waals surface area (Å²) in [6.45, 7) is 4.33. The van der Waals surface area contributed by atoms with Crippen LogP contribution in [0, 0.1) is 11.6 Å². The molecular formula is C26H29F2N7O5. The first-order chi connectivity index (χ1) is 19.1. The van der Waals surface area contributed by atoms with Crippen LogP contribution in [0.4, 0.5) is 30.8 Å². The van der Waals surface area contributed by atoms with E-state index in [1.807, 2.05) is 44.4 Å². The van der Waals surface area contributed by atoms with Gasteiger partial charge in [0.05, 0.1) is 36.8 Å². The lowest BCUT2D eigenvalue weighted by atomic mass is 10.0. The highest BCUT2D eigenvalue weighted by molar-refractivity contribution is 5.95. The van der Waals surface area contributed by atoms with Crippen LogP contribution in [-0.4, -0.2) is 52.7 Å². The standard InChI is InChI=1S/C26H29F2N7O5/c1-14(2)22-21(32-26(37)39-12-16-7-6-15(40-16)10-34(3)4)11-35-23(22)24(29-13-30-35)31-20-8-17(25(36)33-38-5)18(27)9-19(20)28/h6-9,11,13-14H,10,12H2,1-5H3,(H,32,37)(H,33,36)(H,29,30,31). The zero-order chi connectivity index (χ0) is 29.0. The van der Waals surface area contributed by atoms with E-state index in [-0.39, 0.29) is 24.0 Å². The van der Waals surface area contributed by atoms with Gasteiger partial charge in [-0.15, -0.1) is 0 Å². The van der Waals surface area contributed by atoms with Crippen molar-refractivity contribution in [3.8, 4) is 0 Å². The van der Waals surface area contributed by atoms with E-state index in [0.717, 1.165) is 11.8 Å². The van der Waals surface area contributed by atoms with Crippen LogP contribution in [0.15, 0.2) is 41.2 Å². The number of fused-ring (bicyclic) bond motifs is 1. The number of hydroxylamine groups is 1. The molecule has 4 aromatic rings. The van der Waals surface area contributed by atoms with Gasteiger partial charge in [-0.25, -0.2) is 28.6 Å². The number of hydrogen-bond acceptors (Lipinski definition) is 9. The number of carbonyl (C=O) groups is 2. The average molecular weight is 558 g/mol. The van der Waals surface area contributed by atoms with E-state index in [9.17, 15) is 18.4 Å². The summed E-state index contributed by atoms with van der Waals surface area (Å²) in [5, 5.41) is 9.73. The minimum Gasteiger partial charge on any atom is -0.461 e. The van der Waals surface area contributed by atoms with Gasteiger partial charge in [0, 0.05) is 11.6 Å². The van der Waals surface area contributed by atoms with E-state index in [0.29, 0.717) is 35.1 Å². The van der Waals surface area contributed by atoms with Crippen molar-refractivity contribution in [2.45, 2.75) is 32.9 Å². The van der Waals surface area contributed by atoms with Gasteiger partial charge in [-0.2, -0.15) is 5.10 Å². The lowest BCUT2D eigenvalue weighted by Crippen LogP contribution is -2.23. The fourth-order valence-electron chi connectivity index (χ4n) is 4.08. The third-order valence-electron chi connectivity index (χ3n) is 5.71. The third kappa shape index (κ3) is 6.35. The Labute approximate surface area is 228 Å². The minimum atomic E-state index is -1.07. The molecule has 0 aliphatic carbocycles. The van der Waals surface area contributed by atoms with Crippen molar-refractivity contribution < 1.29 is 32.4 Å². The Morgan fingerprint density at radius 2 is 1.88 bits per heavy atom. The molecule has 3 aromatic heterocycles. The van der Waals surface area contributed by atoms with Crippen molar-refractivity contribution in [2.24, 2.45) is 0 Å². The zero-order valence-electron chi connectivity index (χ0n) is 22.5. The number of aromatic nitrogens is 3. The van der Waals surface area contributed by atoms with Gasteiger partial charge in [-0.05, 0) is 38.2 Å². The maximum Gasteiger partial charge on any atom is 0.412 e. The first-order valence-corrected chi connectivity index (χ1v) is 12.2. The second-order valence-electron chi connectivity index (χ2n) is 9.39. The van der Waals surface area contributed by atoms with Crippen LogP contribution in [0.5, 0.6) is 0 Å². The van der Waals surface area contributed by atoms with E-state index in [1.165, 1.54) is 18.0 Å². The molecule has 0 atom stereocenters. The monoisotopic (exact) mass is 557 g/mol. The summed E-state index contributed by atoms with van der Waals surface area (Å²) < 4.78 is 41.4. The van der Waals surface area contributed by atoms with Gasteiger partial charge < -0.3 is 19.4 Å². The van der Waals surface area contributed by atoms with Gasteiger partial charge in [0.1, 0.15) is 35.0 Å². The summed E-state index contributed by atoms with van der Waals surface area (Å²) in [6.07, 6.45) is 2.08. The topological polar surface area (TPSA) is 135 Å². The first kappa shape index (κ1) is 28.4. The van der Waals surface area contributed by atoms with Crippen LogP contribution in [0.2, 0.25) is 0 Å². The van der Waals surface area contributed by atoms with Crippen LogP contribution in [0.25, 0.3) is 5.52 Å². The number of halogens is 2. The second-order valence-corrected chi connectivity index (χ2v) is 9.39. The smallest absolute Gasteiger partial charge is 0.412 e. The zero-order valence-corrected chi connectivity index (χ0v) is 22.5. The Bertz CT molecular complexity index is 1530. The molecule has 0 saturated carbocycles. The molecule has 1 aromatic carbocycles. The van der Waals surface area contributed by atoms with Gasteiger partial charge in [0.15, 0.2) is 12.4 Å². The van der Waals surface area contributed by atoms with Gasteiger partial charge in [-0.1, -0.05) is 13.8 Å². The van der Waals surface area contributed by atoms with Crippen molar-refractivity contribution in [2.75, 3.05) is 31.8 Å². The minimum absolute atomic E-state index is 0.0704. The highest BCUT2D eigenvalue weighted by Crippen LogP contribution is 2.35. The van der Waals surface area contributed by atoms with Gasteiger partial charge in [0.25, 0.3) is 5.91 Å². The lowest BCUT2D eigenvalue weighted by Gasteiger charge is -2.13. The van der Waals surface area contributed by atoms with Crippen molar-refractivity contribution in [3.05, 3.63) is 71.1 Å². The van der Waals surface area contributed by atoms with Gasteiger partial charge >= 0.3 is 6.09 Å². The Morgan fingerprint density at radius 1 is 1.12 bits per heavy atom. The van der Waals surface area contributed by atoms with Crippen molar-refractivity contribution >= 4 is 34.7 Å². The molecule has 0 aliphatic heterocycles.